The fourth-order valence-corrected chi connectivity index (χ4v) is 2.99. The molecule has 0 radical (unpaired) electrons. The van der Waals surface area contributed by atoms with Crippen LogP contribution in [0.15, 0.2) is 24.3 Å². The second-order valence-electron chi connectivity index (χ2n) is 4.77. The molecule has 0 bridgehead atoms. The number of hydrogen-bond donors (Lipinski definition) is 1. The van der Waals surface area contributed by atoms with E-state index >= 15 is 0 Å². The van der Waals surface area contributed by atoms with E-state index in [-0.39, 0.29) is 11.9 Å². The maximum absolute atomic E-state index is 11.8. The Balaban J connectivity index is 1.78. The van der Waals surface area contributed by atoms with E-state index in [4.69, 9.17) is 11.6 Å². The zero-order valence-corrected chi connectivity index (χ0v) is 10.9. The summed E-state index contributed by atoms with van der Waals surface area (Å²) < 4.78 is 0. The number of nitrogens with one attached hydrogen (secondary N) is 1. The van der Waals surface area contributed by atoms with Crippen molar-refractivity contribution in [1.29, 1.82) is 0 Å². The lowest BCUT2D eigenvalue weighted by molar-refractivity contribution is -0.135. The van der Waals surface area contributed by atoms with Crippen molar-refractivity contribution >= 4 is 23.2 Å². The van der Waals surface area contributed by atoms with E-state index in [1.165, 1.54) is 0 Å². The molecule has 1 aromatic rings. The normalized spacial score (nSPS) is 24.1. The van der Waals surface area contributed by atoms with Crippen LogP contribution in [0, 0.1) is 0 Å². The molecule has 96 valence electrons. The van der Waals surface area contributed by atoms with E-state index in [1.54, 1.807) is 0 Å². The Bertz CT molecular complexity index is 465. The van der Waals surface area contributed by atoms with E-state index in [2.05, 4.69) is 10.2 Å². The van der Waals surface area contributed by atoms with Crippen molar-refractivity contribution in [3.8, 4) is 0 Å². The van der Waals surface area contributed by atoms with Gasteiger partial charge in [0, 0.05) is 26.2 Å². The second-order valence-corrected chi connectivity index (χ2v) is 5.18. The lowest BCUT2D eigenvalue weighted by atomic mass is 10.1. The fourth-order valence-electron chi connectivity index (χ4n) is 2.73. The summed E-state index contributed by atoms with van der Waals surface area (Å²) in [4.78, 5) is 16.0. The molecule has 3 rings (SSSR count). The highest BCUT2D eigenvalue weighted by molar-refractivity contribution is 6.33. The molecule has 2 saturated heterocycles. The van der Waals surface area contributed by atoms with E-state index in [0.29, 0.717) is 6.54 Å². The van der Waals surface area contributed by atoms with Crippen LogP contribution in [0.2, 0.25) is 5.02 Å². The molecular formula is C13H16ClN3O. The van der Waals surface area contributed by atoms with Crippen LogP contribution < -0.4 is 10.2 Å². The molecular weight excluding hydrogens is 250 g/mol. The predicted octanol–water partition coefficient (Wildman–Crippen LogP) is 0.960. The minimum Gasteiger partial charge on any atom is -0.366 e. The first-order valence-corrected chi connectivity index (χ1v) is 6.63. The summed E-state index contributed by atoms with van der Waals surface area (Å²) in [6.07, 6.45) is 0. The average molecular weight is 266 g/mol. The number of para-hydroxylation sites is 1. The Kier molecular flexibility index (Phi) is 3.14. The number of hydrogen-bond acceptors (Lipinski definition) is 3. The first-order valence-electron chi connectivity index (χ1n) is 6.25. The van der Waals surface area contributed by atoms with Crippen LogP contribution in [0.3, 0.4) is 0 Å². The van der Waals surface area contributed by atoms with Crippen molar-refractivity contribution in [1.82, 2.24) is 10.2 Å². The monoisotopic (exact) mass is 265 g/mol. The molecule has 4 nitrogen and oxygen atoms in total. The van der Waals surface area contributed by atoms with Gasteiger partial charge in [0.2, 0.25) is 5.91 Å². The minimum atomic E-state index is 0.213. The Morgan fingerprint density at radius 1 is 1.28 bits per heavy atom. The number of amides is 1. The maximum Gasteiger partial charge on any atom is 0.236 e. The summed E-state index contributed by atoms with van der Waals surface area (Å²) in [5.41, 5.74) is 1.07. The number of carbonyl (C=O) groups is 1. The third-order valence-electron chi connectivity index (χ3n) is 3.65. The number of piperazine rings is 2. The number of anilines is 1. The van der Waals surface area contributed by atoms with Crippen LogP contribution in [0.25, 0.3) is 0 Å². The summed E-state index contributed by atoms with van der Waals surface area (Å²) >= 11 is 6.22. The smallest absolute Gasteiger partial charge is 0.236 e. The van der Waals surface area contributed by atoms with Gasteiger partial charge in [0.15, 0.2) is 0 Å². The van der Waals surface area contributed by atoms with Gasteiger partial charge >= 0.3 is 0 Å². The van der Waals surface area contributed by atoms with Gasteiger partial charge in [-0.2, -0.15) is 0 Å². The zero-order valence-electron chi connectivity index (χ0n) is 10.1. The van der Waals surface area contributed by atoms with E-state index in [9.17, 15) is 4.79 Å². The van der Waals surface area contributed by atoms with Crippen molar-refractivity contribution < 1.29 is 4.79 Å². The number of halogens is 1. The standard InChI is InChI=1S/C13H16ClN3O/c14-11-3-1-2-4-12(11)16-5-6-17-10(9-16)7-15-8-13(17)18/h1-4,10,15H,5-9H2. The quantitative estimate of drug-likeness (QED) is 0.822. The highest BCUT2D eigenvalue weighted by Gasteiger charge is 2.33. The molecule has 1 aromatic carbocycles. The van der Waals surface area contributed by atoms with E-state index < -0.39 is 0 Å². The summed E-state index contributed by atoms with van der Waals surface area (Å²) in [6.45, 7) is 3.83. The van der Waals surface area contributed by atoms with Crippen LogP contribution in [-0.2, 0) is 4.79 Å². The number of benzene rings is 1. The summed E-state index contributed by atoms with van der Waals surface area (Å²) in [7, 11) is 0. The second kappa shape index (κ2) is 4.78. The maximum atomic E-state index is 11.8. The van der Waals surface area contributed by atoms with Crippen LogP contribution in [0.4, 0.5) is 5.69 Å². The summed E-state index contributed by atoms with van der Waals surface area (Å²) in [5, 5.41) is 3.95. The topological polar surface area (TPSA) is 35.6 Å². The SMILES string of the molecule is O=C1CNCC2CN(c3ccccc3Cl)CCN12. The van der Waals surface area contributed by atoms with Gasteiger partial charge in [-0.05, 0) is 12.1 Å². The first-order chi connectivity index (χ1) is 8.75. The van der Waals surface area contributed by atoms with Crippen LogP contribution in [-0.4, -0.2) is 49.6 Å². The molecule has 18 heavy (non-hydrogen) atoms. The molecule has 0 aliphatic carbocycles. The van der Waals surface area contributed by atoms with Crippen LogP contribution >= 0.6 is 11.6 Å². The van der Waals surface area contributed by atoms with Crippen molar-refractivity contribution in [3.63, 3.8) is 0 Å². The average Bonchev–Trinajstić information content (AvgIpc) is 2.39. The predicted molar refractivity (Wildman–Crippen MR) is 72.0 cm³/mol. The molecule has 1 N–H and O–H groups in total. The number of fused-ring (bicyclic) bond motifs is 1. The van der Waals surface area contributed by atoms with Crippen molar-refractivity contribution in [2.24, 2.45) is 0 Å². The molecule has 0 spiro atoms. The van der Waals surface area contributed by atoms with E-state index in [1.807, 2.05) is 29.2 Å². The molecule has 1 atom stereocenters. The third-order valence-corrected chi connectivity index (χ3v) is 3.97. The van der Waals surface area contributed by atoms with Crippen LogP contribution in [0.5, 0.6) is 0 Å². The van der Waals surface area contributed by atoms with Crippen molar-refractivity contribution in [2.45, 2.75) is 6.04 Å². The molecule has 1 unspecified atom stereocenters. The van der Waals surface area contributed by atoms with E-state index in [0.717, 1.165) is 36.9 Å². The molecule has 5 heteroatoms. The van der Waals surface area contributed by atoms with Gasteiger partial charge in [0.05, 0.1) is 23.3 Å². The number of carbonyl (C=O) groups excluding carboxylic acids is 1. The van der Waals surface area contributed by atoms with Gasteiger partial charge in [-0.15, -0.1) is 0 Å². The molecule has 2 aliphatic rings. The van der Waals surface area contributed by atoms with Crippen molar-refractivity contribution in [2.75, 3.05) is 37.6 Å². The Morgan fingerprint density at radius 2 is 2.11 bits per heavy atom. The highest BCUT2D eigenvalue weighted by atomic mass is 35.5. The molecule has 0 saturated carbocycles. The van der Waals surface area contributed by atoms with Gasteiger partial charge in [0.25, 0.3) is 0 Å². The summed E-state index contributed by atoms with van der Waals surface area (Å²) in [6, 6.07) is 8.14. The molecule has 0 aromatic heterocycles. The Morgan fingerprint density at radius 3 is 2.94 bits per heavy atom. The first kappa shape index (κ1) is 11.8. The molecule has 2 fully saturated rings. The Labute approximate surface area is 112 Å². The molecule has 2 heterocycles. The van der Waals surface area contributed by atoms with Gasteiger partial charge in [-0.25, -0.2) is 0 Å². The zero-order chi connectivity index (χ0) is 12.5. The summed E-state index contributed by atoms with van der Waals surface area (Å²) in [5.74, 6) is 0.213. The Hall–Kier alpha value is -1.26. The largest absolute Gasteiger partial charge is 0.366 e. The van der Waals surface area contributed by atoms with Gasteiger partial charge in [0.1, 0.15) is 0 Å². The third kappa shape index (κ3) is 2.06. The van der Waals surface area contributed by atoms with Crippen LogP contribution in [0.1, 0.15) is 0 Å². The van der Waals surface area contributed by atoms with Crippen molar-refractivity contribution in [3.05, 3.63) is 29.3 Å². The highest BCUT2D eigenvalue weighted by Crippen LogP contribution is 2.27. The molecule has 1 amide bonds. The number of nitrogens with zero attached hydrogens (tertiary/aromatic N) is 2. The lowest BCUT2D eigenvalue weighted by Gasteiger charge is -2.45. The molecule has 2 aliphatic heterocycles. The fraction of sp³-hybridized carbons (Fsp3) is 0.462. The number of rotatable bonds is 1. The van der Waals surface area contributed by atoms with Gasteiger partial charge in [-0.1, -0.05) is 23.7 Å². The minimum absolute atomic E-state index is 0.213. The van der Waals surface area contributed by atoms with Gasteiger partial charge < -0.3 is 15.1 Å². The lowest BCUT2D eigenvalue weighted by Crippen LogP contribution is -2.63. The van der Waals surface area contributed by atoms with Gasteiger partial charge in [-0.3, -0.25) is 4.79 Å².